The highest BCUT2D eigenvalue weighted by molar-refractivity contribution is 7.22. The van der Waals surface area contributed by atoms with Crippen molar-refractivity contribution in [3.8, 4) is 5.75 Å². The van der Waals surface area contributed by atoms with E-state index in [0.29, 0.717) is 11.7 Å². The number of amides is 1. The minimum Gasteiger partial charge on any atom is -0.483 e. The van der Waals surface area contributed by atoms with Crippen LogP contribution in [0.2, 0.25) is 0 Å². The third-order valence-corrected chi connectivity index (χ3v) is 6.22. The number of thiazole rings is 1. The molecular formula is C24H26N4O2S. The fourth-order valence-corrected chi connectivity index (χ4v) is 4.46. The van der Waals surface area contributed by atoms with Gasteiger partial charge in [-0.25, -0.2) is 9.97 Å². The molecule has 0 bridgehead atoms. The lowest BCUT2D eigenvalue weighted by Gasteiger charge is -2.20. The number of ether oxygens (including phenoxy) is 1. The monoisotopic (exact) mass is 434 g/mol. The molecule has 0 aliphatic carbocycles. The van der Waals surface area contributed by atoms with Crippen molar-refractivity contribution in [2.24, 2.45) is 0 Å². The van der Waals surface area contributed by atoms with E-state index in [1.807, 2.05) is 48.0 Å². The van der Waals surface area contributed by atoms with E-state index in [1.165, 1.54) is 5.56 Å². The van der Waals surface area contributed by atoms with E-state index in [2.05, 4.69) is 24.0 Å². The maximum Gasteiger partial charge on any atom is 0.266 e. The number of carbonyl (C=O) groups excluding carboxylic acids is 1. The summed E-state index contributed by atoms with van der Waals surface area (Å²) < 4.78 is 8.95. The number of hydrogen-bond acceptors (Lipinski definition) is 5. The summed E-state index contributed by atoms with van der Waals surface area (Å²) in [6.45, 7) is 5.44. The minimum atomic E-state index is -0.0938. The standard InChI is InChI=1S/C24H26N4O2S/c1-3-19-9-10-20-22(15-19)31-24(26-20)28(13-6-12-27-14-11-25-17-27)23(29)16-30-21-8-5-4-7-18(21)2/h4-5,7-11,14-15,17H,3,6,12-13,16H2,1-2H3. The molecule has 31 heavy (non-hydrogen) atoms. The summed E-state index contributed by atoms with van der Waals surface area (Å²) in [5.74, 6) is 0.634. The number of aryl methyl sites for hydroxylation is 3. The van der Waals surface area contributed by atoms with Gasteiger partial charge in [-0.15, -0.1) is 0 Å². The minimum absolute atomic E-state index is 0.0218. The predicted molar refractivity (Wildman–Crippen MR) is 125 cm³/mol. The smallest absolute Gasteiger partial charge is 0.266 e. The van der Waals surface area contributed by atoms with Crippen molar-refractivity contribution >= 4 is 32.6 Å². The van der Waals surface area contributed by atoms with Crippen LogP contribution in [0.5, 0.6) is 5.75 Å². The highest BCUT2D eigenvalue weighted by atomic mass is 32.1. The van der Waals surface area contributed by atoms with Crippen molar-refractivity contribution in [3.05, 3.63) is 72.3 Å². The fraction of sp³-hybridized carbons (Fsp3) is 0.292. The first-order valence-electron chi connectivity index (χ1n) is 10.5. The van der Waals surface area contributed by atoms with Crippen molar-refractivity contribution in [3.63, 3.8) is 0 Å². The lowest BCUT2D eigenvalue weighted by molar-refractivity contribution is -0.120. The van der Waals surface area contributed by atoms with Crippen LogP contribution in [0.1, 0.15) is 24.5 Å². The second kappa shape index (κ2) is 9.75. The van der Waals surface area contributed by atoms with Crippen LogP contribution in [0, 0.1) is 6.92 Å². The Labute approximate surface area is 186 Å². The molecule has 2 aromatic carbocycles. The van der Waals surface area contributed by atoms with Crippen LogP contribution in [-0.2, 0) is 17.8 Å². The van der Waals surface area contributed by atoms with Gasteiger partial charge < -0.3 is 9.30 Å². The molecule has 4 aromatic rings. The summed E-state index contributed by atoms with van der Waals surface area (Å²) in [5.41, 5.74) is 3.20. The van der Waals surface area contributed by atoms with Gasteiger partial charge in [0.1, 0.15) is 5.75 Å². The van der Waals surface area contributed by atoms with Crippen molar-refractivity contribution in [1.29, 1.82) is 0 Å². The van der Waals surface area contributed by atoms with Gasteiger partial charge >= 0.3 is 0 Å². The number of anilines is 1. The molecule has 4 rings (SSSR count). The maximum atomic E-state index is 13.2. The van der Waals surface area contributed by atoms with Crippen molar-refractivity contribution in [2.45, 2.75) is 33.2 Å². The molecular weight excluding hydrogens is 408 g/mol. The van der Waals surface area contributed by atoms with Crippen LogP contribution in [-0.4, -0.2) is 33.6 Å². The lowest BCUT2D eigenvalue weighted by atomic mass is 10.2. The Bertz CT molecular complexity index is 1150. The highest BCUT2D eigenvalue weighted by Crippen LogP contribution is 2.30. The molecule has 7 heteroatoms. The van der Waals surface area contributed by atoms with Crippen molar-refractivity contribution in [2.75, 3.05) is 18.1 Å². The zero-order chi connectivity index (χ0) is 21.6. The molecule has 0 saturated carbocycles. The number of imidazole rings is 1. The molecule has 0 fully saturated rings. The van der Waals surface area contributed by atoms with E-state index in [4.69, 9.17) is 9.72 Å². The third-order valence-electron chi connectivity index (χ3n) is 5.18. The second-order valence-corrected chi connectivity index (χ2v) is 8.41. The average molecular weight is 435 g/mol. The Morgan fingerprint density at radius 1 is 1.23 bits per heavy atom. The topological polar surface area (TPSA) is 60.2 Å². The first-order chi connectivity index (χ1) is 15.1. The first kappa shape index (κ1) is 21.1. The molecule has 0 N–H and O–H groups in total. The molecule has 0 aliphatic heterocycles. The van der Waals surface area contributed by atoms with Gasteiger partial charge in [0.2, 0.25) is 0 Å². The molecule has 2 heterocycles. The number of nitrogens with zero attached hydrogens (tertiary/aromatic N) is 4. The highest BCUT2D eigenvalue weighted by Gasteiger charge is 2.20. The fourth-order valence-electron chi connectivity index (χ4n) is 3.39. The maximum absolute atomic E-state index is 13.2. The number of benzene rings is 2. The number of para-hydroxylation sites is 1. The molecule has 0 aliphatic rings. The number of aromatic nitrogens is 3. The SMILES string of the molecule is CCc1ccc2nc(N(CCCn3ccnc3)C(=O)COc3ccccc3C)sc2c1. The first-order valence-corrected chi connectivity index (χ1v) is 11.3. The number of fused-ring (bicyclic) bond motifs is 1. The van der Waals surface area contributed by atoms with Crippen LogP contribution >= 0.6 is 11.3 Å². The molecule has 0 atom stereocenters. The third kappa shape index (κ3) is 5.11. The van der Waals surface area contributed by atoms with Gasteiger partial charge in [0.25, 0.3) is 5.91 Å². The molecule has 2 aromatic heterocycles. The van der Waals surface area contributed by atoms with Crippen LogP contribution in [0.3, 0.4) is 0 Å². The van der Waals surface area contributed by atoms with Crippen LogP contribution in [0.25, 0.3) is 10.2 Å². The summed E-state index contributed by atoms with van der Waals surface area (Å²) in [7, 11) is 0. The average Bonchev–Trinajstić information content (AvgIpc) is 3.45. The zero-order valence-corrected chi connectivity index (χ0v) is 18.6. The molecule has 0 unspecified atom stereocenters. The van der Waals surface area contributed by atoms with Crippen molar-refractivity contribution < 1.29 is 9.53 Å². The Balaban J connectivity index is 1.52. The van der Waals surface area contributed by atoms with Crippen LogP contribution in [0.4, 0.5) is 5.13 Å². The van der Waals surface area contributed by atoms with Gasteiger partial charge in [0.15, 0.2) is 11.7 Å². The second-order valence-electron chi connectivity index (χ2n) is 7.41. The molecule has 0 saturated heterocycles. The van der Waals surface area contributed by atoms with Crippen LogP contribution < -0.4 is 9.64 Å². The zero-order valence-electron chi connectivity index (χ0n) is 17.8. The summed E-state index contributed by atoms with van der Waals surface area (Å²) in [5, 5.41) is 0.715. The largest absolute Gasteiger partial charge is 0.483 e. The van der Waals surface area contributed by atoms with Gasteiger partial charge in [-0.05, 0) is 49.1 Å². The summed E-state index contributed by atoms with van der Waals surface area (Å²) in [6, 6.07) is 14.0. The van der Waals surface area contributed by atoms with E-state index >= 15 is 0 Å². The predicted octanol–water partition coefficient (Wildman–Crippen LogP) is 4.87. The normalized spacial score (nSPS) is 11.0. The lowest BCUT2D eigenvalue weighted by Crippen LogP contribution is -2.36. The van der Waals surface area contributed by atoms with Crippen LogP contribution in [0.15, 0.2) is 61.2 Å². The Kier molecular flexibility index (Phi) is 6.62. The molecule has 0 radical (unpaired) electrons. The number of rotatable bonds is 9. The molecule has 160 valence electrons. The van der Waals surface area contributed by atoms with Gasteiger partial charge in [-0.1, -0.05) is 42.5 Å². The van der Waals surface area contributed by atoms with E-state index in [1.54, 1.807) is 28.8 Å². The summed E-state index contributed by atoms with van der Waals surface area (Å²) in [4.78, 5) is 23.8. The van der Waals surface area contributed by atoms with Crippen molar-refractivity contribution in [1.82, 2.24) is 14.5 Å². The molecule has 0 spiro atoms. The van der Waals surface area contributed by atoms with E-state index in [0.717, 1.165) is 40.9 Å². The summed E-state index contributed by atoms with van der Waals surface area (Å²) >= 11 is 1.56. The van der Waals surface area contributed by atoms with E-state index in [-0.39, 0.29) is 12.5 Å². The molecule has 6 nitrogen and oxygen atoms in total. The van der Waals surface area contributed by atoms with E-state index < -0.39 is 0 Å². The molecule has 1 amide bonds. The Morgan fingerprint density at radius 2 is 2.10 bits per heavy atom. The van der Waals surface area contributed by atoms with Gasteiger partial charge in [0.05, 0.1) is 16.5 Å². The number of hydrogen-bond donors (Lipinski definition) is 0. The van der Waals surface area contributed by atoms with Gasteiger partial charge in [0, 0.05) is 25.5 Å². The summed E-state index contributed by atoms with van der Waals surface area (Å²) in [6.07, 6.45) is 7.25. The van der Waals surface area contributed by atoms with Gasteiger partial charge in [-0.2, -0.15) is 0 Å². The van der Waals surface area contributed by atoms with E-state index in [9.17, 15) is 4.79 Å². The Hall–Kier alpha value is -3.19. The number of carbonyl (C=O) groups is 1. The quantitative estimate of drug-likeness (QED) is 0.377. The Morgan fingerprint density at radius 3 is 2.87 bits per heavy atom. The van der Waals surface area contributed by atoms with Gasteiger partial charge in [-0.3, -0.25) is 9.69 Å².